The van der Waals surface area contributed by atoms with E-state index < -0.39 is 11.8 Å². The number of aromatic carboxylic acids is 1. The number of nitrogens with one attached hydrogen (secondary N) is 1. The van der Waals surface area contributed by atoms with Crippen LogP contribution in [0.4, 0.5) is 10.1 Å². The molecule has 2 N–H and O–H groups in total. The van der Waals surface area contributed by atoms with E-state index in [-0.39, 0.29) is 5.56 Å². The number of hydrogen-bond donors (Lipinski definition) is 2. The SMILES string of the molecule is CSC(C)CNc1ccc(C(=O)O)c(F)c1. The number of hydrogen-bond acceptors (Lipinski definition) is 3. The minimum absolute atomic E-state index is 0.302. The lowest BCUT2D eigenvalue weighted by molar-refractivity contribution is 0.0692. The lowest BCUT2D eigenvalue weighted by Crippen LogP contribution is -2.13. The van der Waals surface area contributed by atoms with Gasteiger partial charge in [0.2, 0.25) is 0 Å². The van der Waals surface area contributed by atoms with Crippen LogP contribution in [0, 0.1) is 5.82 Å². The molecule has 88 valence electrons. The van der Waals surface area contributed by atoms with Crippen molar-refractivity contribution < 1.29 is 14.3 Å². The van der Waals surface area contributed by atoms with Gasteiger partial charge in [-0.2, -0.15) is 11.8 Å². The van der Waals surface area contributed by atoms with Crippen LogP contribution in [0.1, 0.15) is 17.3 Å². The second kappa shape index (κ2) is 5.75. The van der Waals surface area contributed by atoms with Crippen molar-refractivity contribution in [2.45, 2.75) is 12.2 Å². The van der Waals surface area contributed by atoms with Gasteiger partial charge < -0.3 is 10.4 Å². The van der Waals surface area contributed by atoms with E-state index in [9.17, 15) is 9.18 Å². The van der Waals surface area contributed by atoms with Gasteiger partial charge >= 0.3 is 5.97 Å². The second-order valence-electron chi connectivity index (χ2n) is 3.43. The lowest BCUT2D eigenvalue weighted by Gasteiger charge is -2.11. The molecule has 0 aromatic heterocycles. The third-order valence-electron chi connectivity index (χ3n) is 2.20. The van der Waals surface area contributed by atoms with E-state index in [4.69, 9.17) is 5.11 Å². The largest absolute Gasteiger partial charge is 0.478 e. The molecule has 0 bridgehead atoms. The van der Waals surface area contributed by atoms with Gasteiger partial charge in [0.25, 0.3) is 0 Å². The number of carbonyl (C=O) groups is 1. The summed E-state index contributed by atoms with van der Waals surface area (Å²) in [6.45, 7) is 2.77. The Kier molecular flexibility index (Phi) is 4.61. The number of carboxylic acids is 1. The molecule has 16 heavy (non-hydrogen) atoms. The van der Waals surface area contributed by atoms with Crippen LogP contribution >= 0.6 is 11.8 Å². The molecule has 0 saturated carbocycles. The van der Waals surface area contributed by atoms with Crippen molar-refractivity contribution in [1.82, 2.24) is 0 Å². The van der Waals surface area contributed by atoms with Crippen LogP contribution in [-0.4, -0.2) is 29.1 Å². The Balaban J connectivity index is 2.70. The van der Waals surface area contributed by atoms with Crippen LogP contribution in [0.15, 0.2) is 18.2 Å². The fraction of sp³-hybridized carbons (Fsp3) is 0.364. The molecular formula is C11H14FNO2S. The third-order valence-corrected chi connectivity index (χ3v) is 3.17. The van der Waals surface area contributed by atoms with Crippen molar-refractivity contribution in [3.8, 4) is 0 Å². The zero-order valence-corrected chi connectivity index (χ0v) is 9.97. The first-order chi connectivity index (χ1) is 7.54. The van der Waals surface area contributed by atoms with Crippen molar-refractivity contribution in [1.29, 1.82) is 0 Å². The van der Waals surface area contributed by atoms with Crippen LogP contribution in [0.25, 0.3) is 0 Å². The standard InChI is InChI=1S/C11H14FNO2S/c1-7(16-2)6-13-8-3-4-9(11(14)15)10(12)5-8/h3-5,7,13H,6H2,1-2H3,(H,14,15). The fourth-order valence-corrected chi connectivity index (χ4v) is 1.39. The van der Waals surface area contributed by atoms with E-state index in [2.05, 4.69) is 12.2 Å². The molecule has 1 aromatic rings. The van der Waals surface area contributed by atoms with E-state index >= 15 is 0 Å². The van der Waals surface area contributed by atoms with Gasteiger partial charge in [0, 0.05) is 17.5 Å². The van der Waals surface area contributed by atoms with Crippen LogP contribution < -0.4 is 5.32 Å². The van der Waals surface area contributed by atoms with Crippen LogP contribution in [0.2, 0.25) is 0 Å². The highest BCUT2D eigenvalue weighted by Crippen LogP contribution is 2.15. The Morgan fingerprint density at radius 3 is 2.81 bits per heavy atom. The molecule has 3 nitrogen and oxygen atoms in total. The zero-order valence-electron chi connectivity index (χ0n) is 9.16. The highest BCUT2D eigenvalue weighted by molar-refractivity contribution is 7.99. The maximum atomic E-state index is 13.3. The van der Waals surface area contributed by atoms with Crippen molar-refractivity contribution >= 4 is 23.4 Å². The first-order valence-electron chi connectivity index (χ1n) is 4.84. The molecule has 0 spiro atoms. The molecule has 0 saturated heterocycles. The van der Waals surface area contributed by atoms with Gasteiger partial charge in [0.15, 0.2) is 0 Å². The molecule has 1 unspecified atom stereocenters. The van der Waals surface area contributed by atoms with Crippen molar-refractivity contribution in [3.05, 3.63) is 29.6 Å². The number of anilines is 1. The Bertz CT molecular complexity index is 384. The summed E-state index contributed by atoms with van der Waals surface area (Å²) in [5, 5.41) is 12.1. The molecular weight excluding hydrogens is 229 g/mol. The van der Waals surface area contributed by atoms with Gasteiger partial charge in [-0.05, 0) is 24.5 Å². The van der Waals surface area contributed by atoms with Crippen molar-refractivity contribution in [2.24, 2.45) is 0 Å². The smallest absolute Gasteiger partial charge is 0.338 e. The van der Waals surface area contributed by atoms with Gasteiger partial charge in [0.1, 0.15) is 5.82 Å². The first-order valence-corrected chi connectivity index (χ1v) is 6.13. The highest BCUT2D eigenvalue weighted by atomic mass is 32.2. The molecule has 1 aromatic carbocycles. The molecule has 5 heteroatoms. The number of thioether (sulfide) groups is 1. The average molecular weight is 243 g/mol. The zero-order chi connectivity index (χ0) is 12.1. The molecule has 0 fully saturated rings. The topological polar surface area (TPSA) is 49.3 Å². The lowest BCUT2D eigenvalue weighted by atomic mass is 10.2. The molecule has 1 atom stereocenters. The quantitative estimate of drug-likeness (QED) is 0.834. The predicted octanol–water partition coefficient (Wildman–Crippen LogP) is 2.69. The summed E-state index contributed by atoms with van der Waals surface area (Å²) < 4.78 is 13.3. The molecule has 0 heterocycles. The summed E-state index contributed by atoms with van der Waals surface area (Å²) in [7, 11) is 0. The van der Waals surface area contributed by atoms with Crippen molar-refractivity contribution in [3.63, 3.8) is 0 Å². The normalized spacial score (nSPS) is 12.2. The summed E-state index contributed by atoms with van der Waals surface area (Å²) in [4.78, 5) is 10.6. The Morgan fingerprint density at radius 2 is 2.31 bits per heavy atom. The van der Waals surface area contributed by atoms with Gasteiger partial charge in [-0.15, -0.1) is 0 Å². The van der Waals surface area contributed by atoms with E-state index in [1.54, 1.807) is 17.8 Å². The summed E-state index contributed by atoms with van der Waals surface area (Å²) in [5.74, 6) is -1.96. The van der Waals surface area contributed by atoms with Gasteiger partial charge in [0.05, 0.1) is 5.56 Å². The maximum absolute atomic E-state index is 13.3. The van der Waals surface area contributed by atoms with Crippen LogP contribution in [0.3, 0.4) is 0 Å². The van der Waals surface area contributed by atoms with E-state index in [0.29, 0.717) is 17.5 Å². The molecule has 0 amide bonds. The third kappa shape index (κ3) is 3.41. The van der Waals surface area contributed by atoms with Gasteiger partial charge in [-0.3, -0.25) is 0 Å². The maximum Gasteiger partial charge on any atom is 0.338 e. The summed E-state index contributed by atoms with van der Waals surface area (Å²) >= 11 is 1.71. The molecule has 0 aliphatic heterocycles. The Hall–Kier alpha value is -1.23. The number of carboxylic acid groups (broad SMARTS) is 1. The Morgan fingerprint density at radius 1 is 1.62 bits per heavy atom. The fourth-order valence-electron chi connectivity index (χ4n) is 1.14. The monoisotopic (exact) mass is 243 g/mol. The minimum atomic E-state index is -1.25. The van der Waals surface area contributed by atoms with E-state index in [1.807, 2.05) is 6.26 Å². The molecule has 0 aliphatic rings. The number of rotatable bonds is 5. The molecule has 0 aliphatic carbocycles. The first kappa shape index (κ1) is 12.8. The van der Waals surface area contributed by atoms with Crippen LogP contribution in [0.5, 0.6) is 0 Å². The minimum Gasteiger partial charge on any atom is -0.478 e. The summed E-state index contributed by atoms with van der Waals surface area (Å²) in [5.41, 5.74) is 0.298. The number of halogens is 1. The average Bonchev–Trinajstić information content (AvgIpc) is 2.25. The van der Waals surface area contributed by atoms with E-state index in [0.717, 1.165) is 0 Å². The van der Waals surface area contributed by atoms with Gasteiger partial charge in [-0.1, -0.05) is 6.92 Å². The van der Waals surface area contributed by atoms with Crippen LogP contribution in [-0.2, 0) is 0 Å². The highest BCUT2D eigenvalue weighted by Gasteiger charge is 2.10. The van der Waals surface area contributed by atoms with E-state index in [1.165, 1.54) is 12.1 Å². The Labute approximate surface area is 98.1 Å². The predicted molar refractivity (Wildman–Crippen MR) is 64.8 cm³/mol. The number of benzene rings is 1. The second-order valence-corrected chi connectivity index (χ2v) is 4.70. The summed E-state index contributed by atoms with van der Waals surface area (Å²) in [6.07, 6.45) is 2.00. The molecule has 1 rings (SSSR count). The summed E-state index contributed by atoms with van der Waals surface area (Å²) in [6, 6.07) is 4.04. The van der Waals surface area contributed by atoms with Gasteiger partial charge in [-0.25, -0.2) is 9.18 Å². The van der Waals surface area contributed by atoms with Crippen molar-refractivity contribution in [2.75, 3.05) is 18.1 Å². The molecule has 0 radical (unpaired) electrons.